The molecule has 3 aromatic rings. The van der Waals surface area contributed by atoms with E-state index in [0.717, 1.165) is 51.3 Å². The summed E-state index contributed by atoms with van der Waals surface area (Å²) in [7, 11) is 0. The van der Waals surface area contributed by atoms with Gasteiger partial charge in [0.15, 0.2) is 0 Å². The van der Waals surface area contributed by atoms with Gasteiger partial charge in [0.1, 0.15) is 0 Å². The topological polar surface area (TPSA) is 77.8 Å². The molecule has 2 aliphatic rings. The van der Waals surface area contributed by atoms with Crippen molar-refractivity contribution < 1.29 is 4.92 Å². The van der Waals surface area contributed by atoms with Gasteiger partial charge in [0.05, 0.1) is 11.5 Å². The van der Waals surface area contributed by atoms with Crippen molar-refractivity contribution in [3.8, 4) is 0 Å². The van der Waals surface area contributed by atoms with E-state index in [9.17, 15) is 10.1 Å². The first-order chi connectivity index (χ1) is 14.7. The summed E-state index contributed by atoms with van der Waals surface area (Å²) in [6.07, 6.45) is 2.90. The van der Waals surface area contributed by atoms with Crippen molar-refractivity contribution in [3.05, 3.63) is 75.5 Å². The van der Waals surface area contributed by atoms with E-state index in [1.165, 1.54) is 34.3 Å². The number of aromatic nitrogens is 1. The van der Waals surface area contributed by atoms with Crippen LogP contribution in [0.15, 0.2) is 53.5 Å². The van der Waals surface area contributed by atoms with Crippen LogP contribution in [0.5, 0.6) is 0 Å². The molecule has 0 radical (unpaired) electrons. The molecule has 3 heterocycles. The number of H-pyrrole nitrogens is 1. The monoisotopic (exact) mass is 403 g/mol. The van der Waals surface area contributed by atoms with Crippen LogP contribution in [0.25, 0.3) is 10.9 Å². The Bertz CT molecular complexity index is 1090. The largest absolute Gasteiger partial charge is 0.357 e. The number of nitro benzene ring substituents is 1. The minimum Gasteiger partial charge on any atom is -0.357 e. The van der Waals surface area contributed by atoms with Crippen molar-refractivity contribution in [3.63, 3.8) is 0 Å². The van der Waals surface area contributed by atoms with Crippen LogP contribution >= 0.6 is 0 Å². The van der Waals surface area contributed by atoms with Gasteiger partial charge in [-0.2, -0.15) is 0 Å². The molecule has 30 heavy (non-hydrogen) atoms. The molecule has 1 atom stereocenters. The molecule has 1 N–H and O–H groups in total. The van der Waals surface area contributed by atoms with Gasteiger partial charge in [-0.05, 0) is 35.7 Å². The molecular weight excluding hydrogens is 378 g/mol. The van der Waals surface area contributed by atoms with Crippen LogP contribution in [0.2, 0.25) is 0 Å². The smallest absolute Gasteiger partial charge is 0.269 e. The lowest BCUT2D eigenvalue weighted by Gasteiger charge is -2.43. The first-order valence-electron chi connectivity index (χ1n) is 10.5. The van der Waals surface area contributed by atoms with E-state index in [-0.39, 0.29) is 10.6 Å². The average Bonchev–Trinajstić information content (AvgIpc) is 3.13. The number of hydrogen-bond acceptors (Lipinski definition) is 5. The fourth-order valence-electron chi connectivity index (χ4n) is 4.68. The van der Waals surface area contributed by atoms with Gasteiger partial charge >= 0.3 is 0 Å². The SMILES string of the molecule is O=[N+]([O-])c1ccc(C=NCCN2CCN3Cc4[nH]c5ccccc5c4CC3C2)cc1. The Hall–Kier alpha value is -3.03. The molecule has 0 saturated carbocycles. The second-order valence-electron chi connectivity index (χ2n) is 8.14. The van der Waals surface area contributed by atoms with E-state index >= 15 is 0 Å². The normalized spacial score (nSPS) is 19.8. The first-order valence-corrected chi connectivity index (χ1v) is 10.5. The zero-order valence-corrected chi connectivity index (χ0v) is 16.8. The van der Waals surface area contributed by atoms with Gasteiger partial charge < -0.3 is 4.98 Å². The van der Waals surface area contributed by atoms with Crippen molar-refractivity contribution in [1.29, 1.82) is 0 Å². The van der Waals surface area contributed by atoms with Crippen LogP contribution in [0.4, 0.5) is 5.69 Å². The second-order valence-corrected chi connectivity index (χ2v) is 8.14. The number of aromatic amines is 1. The Morgan fingerprint density at radius 2 is 2.00 bits per heavy atom. The van der Waals surface area contributed by atoms with Crippen molar-refractivity contribution in [2.75, 3.05) is 32.7 Å². The third-order valence-electron chi connectivity index (χ3n) is 6.28. The number of fused-ring (bicyclic) bond motifs is 4. The van der Waals surface area contributed by atoms with Crippen LogP contribution in [-0.2, 0) is 13.0 Å². The fourth-order valence-corrected chi connectivity index (χ4v) is 4.68. The zero-order chi connectivity index (χ0) is 20.5. The highest BCUT2D eigenvalue weighted by Gasteiger charge is 2.32. The highest BCUT2D eigenvalue weighted by Crippen LogP contribution is 2.31. The van der Waals surface area contributed by atoms with E-state index in [2.05, 4.69) is 44.0 Å². The summed E-state index contributed by atoms with van der Waals surface area (Å²) < 4.78 is 0. The lowest BCUT2D eigenvalue weighted by Crippen LogP contribution is -2.55. The lowest BCUT2D eigenvalue weighted by molar-refractivity contribution is -0.384. The Morgan fingerprint density at radius 1 is 1.17 bits per heavy atom. The highest BCUT2D eigenvalue weighted by molar-refractivity contribution is 5.85. The summed E-state index contributed by atoms with van der Waals surface area (Å²) in [4.78, 5) is 23.6. The highest BCUT2D eigenvalue weighted by atomic mass is 16.6. The van der Waals surface area contributed by atoms with Crippen molar-refractivity contribution >= 4 is 22.8 Å². The molecule has 7 nitrogen and oxygen atoms in total. The number of nitrogens with zero attached hydrogens (tertiary/aromatic N) is 4. The van der Waals surface area contributed by atoms with E-state index in [4.69, 9.17) is 0 Å². The van der Waals surface area contributed by atoms with E-state index in [0.29, 0.717) is 6.04 Å². The molecule has 1 saturated heterocycles. The van der Waals surface area contributed by atoms with Gasteiger partial charge in [-0.1, -0.05) is 18.2 Å². The molecule has 1 unspecified atom stereocenters. The molecule has 1 fully saturated rings. The Morgan fingerprint density at radius 3 is 2.83 bits per heavy atom. The van der Waals surface area contributed by atoms with Gasteiger partial charge in [0.25, 0.3) is 5.69 Å². The maximum absolute atomic E-state index is 10.7. The maximum Gasteiger partial charge on any atom is 0.269 e. The molecule has 0 aliphatic carbocycles. The summed E-state index contributed by atoms with van der Waals surface area (Å²) in [5, 5.41) is 12.1. The van der Waals surface area contributed by atoms with E-state index in [1.54, 1.807) is 18.3 Å². The quantitative estimate of drug-likeness (QED) is 0.403. The molecule has 1 aromatic heterocycles. The Labute approximate surface area is 175 Å². The lowest BCUT2D eigenvalue weighted by atomic mass is 9.95. The standard InChI is InChI=1S/C23H25N5O2/c29-28(30)18-7-5-17(6-8-18)14-24-9-10-26-11-12-27-16-23-21(13-19(27)15-26)20-3-1-2-4-22(20)25-23/h1-8,14,19,25H,9-13,15-16H2. The summed E-state index contributed by atoms with van der Waals surface area (Å²) in [6, 6.07) is 15.7. The van der Waals surface area contributed by atoms with Crippen LogP contribution in [0.1, 0.15) is 16.8 Å². The number of para-hydroxylation sites is 1. The summed E-state index contributed by atoms with van der Waals surface area (Å²) in [5.74, 6) is 0. The van der Waals surface area contributed by atoms with Gasteiger partial charge in [-0.15, -0.1) is 0 Å². The number of nitro groups is 1. The number of nitrogens with one attached hydrogen (secondary N) is 1. The predicted molar refractivity (Wildman–Crippen MR) is 118 cm³/mol. The van der Waals surface area contributed by atoms with Crippen LogP contribution in [0.3, 0.4) is 0 Å². The summed E-state index contributed by atoms with van der Waals surface area (Å²) in [6.45, 7) is 5.92. The number of aliphatic imine (C=N–C) groups is 1. The molecule has 0 amide bonds. The zero-order valence-electron chi connectivity index (χ0n) is 16.8. The summed E-state index contributed by atoms with van der Waals surface area (Å²) in [5.41, 5.74) is 5.12. The molecule has 5 rings (SSSR count). The minimum atomic E-state index is -0.384. The third-order valence-corrected chi connectivity index (χ3v) is 6.28. The number of non-ortho nitro benzene ring substituents is 1. The molecule has 0 spiro atoms. The van der Waals surface area contributed by atoms with E-state index in [1.807, 2.05) is 0 Å². The van der Waals surface area contributed by atoms with Gasteiger partial charge in [0.2, 0.25) is 0 Å². The molecule has 154 valence electrons. The molecular formula is C23H25N5O2. The van der Waals surface area contributed by atoms with E-state index < -0.39 is 0 Å². The number of benzene rings is 2. The number of piperazine rings is 1. The Balaban J connectivity index is 1.17. The molecule has 2 aliphatic heterocycles. The van der Waals surface area contributed by atoms with Crippen LogP contribution < -0.4 is 0 Å². The third kappa shape index (κ3) is 3.74. The van der Waals surface area contributed by atoms with Crippen LogP contribution in [0, 0.1) is 10.1 Å². The fraction of sp³-hybridized carbons (Fsp3) is 0.348. The van der Waals surface area contributed by atoms with Gasteiger partial charge in [-0.3, -0.25) is 24.9 Å². The molecule has 0 bridgehead atoms. The first kappa shape index (κ1) is 19.0. The molecule has 2 aromatic carbocycles. The summed E-state index contributed by atoms with van der Waals surface area (Å²) >= 11 is 0. The van der Waals surface area contributed by atoms with Crippen LogP contribution in [-0.4, -0.2) is 64.7 Å². The van der Waals surface area contributed by atoms with Gasteiger partial charge in [0, 0.05) is 73.7 Å². The predicted octanol–water partition coefficient (Wildman–Crippen LogP) is 3.24. The number of hydrogen-bond donors (Lipinski definition) is 1. The minimum absolute atomic E-state index is 0.107. The van der Waals surface area contributed by atoms with Crippen molar-refractivity contribution in [2.45, 2.75) is 19.0 Å². The average molecular weight is 403 g/mol. The van der Waals surface area contributed by atoms with Gasteiger partial charge in [-0.25, -0.2) is 0 Å². The van der Waals surface area contributed by atoms with Crippen molar-refractivity contribution in [2.24, 2.45) is 4.99 Å². The Kier molecular flexibility index (Phi) is 5.06. The number of rotatable bonds is 5. The maximum atomic E-state index is 10.7. The second kappa shape index (κ2) is 8.01. The molecule has 7 heteroatoms. The van der Waals surface area contributed by atoms with Crippen molar-refractivity contribution in [1.82, 2.24) is 14.8 Å².